The molecule has 98 valence electrons. The Morgan fingerprint density at radius 2 is 2.11 bits per heavy atom. The summed E-state index contributed by atoms with van der Waals surface area (Å²) >= 11 is 0. The van der Waals surface area contributed by atoms with Crippen molar-refractivity contribution in [2.75, 3.05) is 18.8 Å². The summed E-state index contributed by atoms with van der Waals surface area (Å²) < 4.78 is 5.14. The molecule has 0 aromatic carbocycles. The van der Waals surface area contributed by atoms with E-state index >= 15 is 0 Å². The van der Waals surface area contributed by atoms with Gasteiger partial charge in [-0.1, -0.05) is 12.7 Å². The highest BCUT2D eigenvalue weighted by Crippen LogP contribution is 2.04. The molecule has 4 nitrogen and oxygen atoms in total. The first-order chi connectivity index (χ1) is 8.53. The first-order valence-corrected chi connectivity index (χ1v) is 6.05. The van der Waals surface area contributed by atoms with Gasteiger partial charge >= 0.3 is 5.63 Å². The Labute approximate surface area is 107 Å². The number of nitrogens with two attached hydrogens (primary N) is 1. The van der Waals surface area contributed by atoms with E-state index in [1.165, 1.54) is 6.07 Å². The van der Waals surface area contributed by atoms with Crippen molar-refractivity contribution in [2.45, 2.75) is 20.8 Å². The van der Waals surface area contributed by atoms with Crippen molar-refractivity contribution in [3.63, 3.8) is 0 Å². The zero-order chi connectivity index (χ0) is 13.7. The van der Waals surface area contributed by atoms with Crippen LogP contribution in [-0.2, 0) is 0 Å². The van der Waals surface area contributed by atoms with Gasteiger partial charge in [-0.2, -0.15) is 0 Å². The summed E-state index contributed by atoms with van der Waals surface area (Å²) in [4.78, 5) is 13.6. The number of hydrogen-bond donors (Lipinski definition) is 1. The molecule has 0 fully saturated rings. The van der Waals surface area contributed by atoms with Gasteiger partial charge in [0.1, 0.15) is 11.1 Å². The lowest BCUT2D eigenvalue weighted by molar-refractivity contribution is 0.396. The fourth-order valence-electron chi connectivity index (χ4n) is 1.74. The fraction of sp³-hybridized carbons (Fsp3) is 0.357. The second-order valence-electron chi connectivity index (χ2n) is 3.91. The van der Waals surface area contributed by atoms with Gasteiger partial charge in [0.05, 0.1) is 0 Å². The topological polar surface area (TPSA) is 59.5 Å². The van der Waals surface area contributed by atoms with Crippen molar-refractivity contribution in [1.82, 2.24) is 4.90 Å². The average molecular weight is 248 g/mol. The van der Waals surface area contributed by atoms with Gasteiger partial charge in [-0.3, -0.25) is 0 Å². The monoisotopic (exact) mass is 248 g/mol. The smallest absolute Gasteiger partial charge is 0.359 e. The number of nitrogen functional groups attached to an aromatic ring is 1. The molecule has 1 rings (SSSR count). The van der Waals surface area contributed by atoms with Gasteiger partial charge in [0, 0.05) is 30.1 Å². The van der Waals surface area contributed by atoms with Crippen molar-refractivity contribution >= 4 is 18.3 Å². The molecule has 0 unspecified atom stereocenters. The standard InChI is InChI=1S/C14H20N2O2/c1-5-11(16(6-2)7-3)9-13-10(4)8-12(15)14(17)18-13/h5,8-9H,4,6-7,15H2,1-3H3/b11-5+,13-9+. The lowest BCUT2D eigenvalue weighted by atomic mass is 10.2. The number of rotatable bonds is 4. The van der Waals surface area contributed by atoms with Crippen molar-refractivity contribution < 1.29 is 4.42 Å². The predicted octanol–water partition coefficient (Wildman–Crippen LogP) is 0.658. The average Bonchev–Trinajstić information content (AvgIpc) is 2.35. The largest absolute Gasteiger partial charge is 0.421 e. The highest BCUT2D eigenvalue weighted by atomic mass is 16.4. The Kier molecular flexibility index (Phi) is 4.77. The molecular weight excluding hydrogens is 228 g/mol. The fourth-order valence-corrected chi connectivity index (χ4v) is 1.74. The maximum absolute atomic E-state index is 11.4. The molecule has 18 heavy (non-hydrogen) atoms. The third-order valence-corrected chi connectivity index (χ3v) is 2.79. The van der Waals surface area contributed by atoms with Gasteiger partial charge in [-0.05, 0) is 26.8 Å². The lowest BCUT2D eigenvalue weighted by Crippen LogP contribution is -2.31. The van der Waals surface area contributed by atoms with E-state index in [-0.39, 0.29) is 5.69 Å². The molecule has 0 amide bonds. The minimum absolute atomic E-state index is 0.0852. The molecule has 1 aromatic heterocycles. The second-order valence-corrected chi connectivity index (χ2v) is 3.91. The van der Waals surface area contributed by atoms with Crippen molar-refractivity contribution in [1.29, 1.82) is 0 Å². The summed E-state index contributed by atoms with van der Waals surface area (Å²) in [6.45, 7) is 11.7. The Morgan fingerprint density at radius 3 is 2.61 bits per heavy atom. The third kappa shape index (κ3) is 3.03. The summed E-state index contributed by atoms with van der Waals surface area (Å²) in [5, 5.41) is 0.610. The zero-order valence-corrected chi connectivity index (χ0v) is 11.2. The molecule has 0 aliphatic carbocycles. The van der Waals surface area contributed by atoms with Crippen LogP contribution in [0.5, 0.6) is 0 Å². The Balaban J connectivity index is 3.37. The van der Waals surface area contributed by atoms with E-state index in [0.717, 1.165) is 18.8 Å². The molecular formula is C14H20N2O2. The van der Waals surface area contributed by atoms with Crippen LogP contribution in [-0.4, -0.2) is 18.0 Å². The number of nitrogens with zero attached hydrogens (tertiary/aromatic N) is 1. The molecule has 0 aliphatic rings. The van der Waals surface area contributed by atoms with Crippen LogP contribution >= 0.6 is 0 Å². The molecule has 0 radical (unpaired) electrons. The highest BCUT2D eigenvalue weighted by Gasteiger charge is 2.03. The van der Waals surface area contributed by atoms with Crippen LogP contribution in [0.3, 0.4) is 0 Å². The van der Waals surface area contributed by atoms with E-state index in [2.05, 4.69) is 25.3 Å². The van der Waals surface area contributed by atoms with Gasteiger partial charge in [-0.25, -0.2) is 4.79 Å². The van der Waals surface area contributed by atoms with E-state index in [9.17, 15) is 4.79 Å². The minimum atomic E-state index is -0.524. The third-order valence-electron chi connectivity index (χ3n) is 2.79. The second kappa shape index (κ2) is 6.10. The van der Waals surface area contributed by atoms with E-state index < -0.39 is 5.63 Å². The molecule has 0 saturated carbocycles. The first-order valence-electron chi connectivity index (χ1n) is 6.05. The van der Waals surface area contributed by atoms with Crippen molar-refractivity contribution in [2.24, 2.45) is 0 Å². The molecule has 2 N–H and O–H groups in total. The maximum atomic E-state index is 11.4. The molecule has 0 bridgehead atoms. The van der Waals surface area contributed by atoms with Gasteiger partial charge in [0.25, 0.3) is 0 Å². The summed E-state index contributed by atoms with van der Waals surface area (Å²) in [5.41, 5.74) is 6.49. The van der Waals surface area contributed by atoms with Crippen LogP contribution in [0, 0.1) is 0 Å². The Morgan fingerprint density at radius 1 is 1.50 bits per heavy atom. The van der Waals surface area contributed by atoms with E-state index in [4.69, 9.17) is 10.2 Å². The summed E-state index contributed by atoms with van der Waals surface area (Å²) in [7, 11) is 0. The molecule has 1 heterocycles. The van der Waals surface area contributed by atoms with E-state index in [1.54, 1.807) is 0 Å². The predicted molar refractivity (Wildman–Crippen MR) is 75.3 cm³/mol. The van der Waals surface area contributed by atoms with Crippen LogP contribution < -0.4 is 22.0 Å². The van der Waals surface area contributed by atoms with Gasteiger partial charge < -0.3 is 15.1 Å². The highest BCUT2D eigenvalue weighted by molar-refractivity contribution is 5.45. The van der Waals surface area contributed by atoms with Crippen LogP contribution in [0.15, 0.2) is 27.1 Å². The molecule has 0 saturated heterocycles. The van der Waals surface area contributed by atoms with Crippen LogP contribution in [0.25, 0.3) is 12.7 Å². The molecule has 4 heteroatoms. The van der Waals surface area contributed by atoms with Gasteiger partial charge in [0.2, 0.25) is 0 Å². The van der Waals surface area contributed by atoms with E-state index in [1.807, 2.05) is 19.1 Å². The molecule has 1 aromatic rings. The summed E-state index contributed by atoms with van der Waals surface area (Å²) in [6, 6.07) is 1.53. The van der Waals surface area contributed by atoms with Crippen molar-refractivity contribution in [3.05, 3.63) is 38.9 Å². The number of allylic oxidation sites excluding steroid dienone is 2. The first kappa shape index (κ1) is 14.1. The molecule has 0 spiro atoms. The van der Waals surface area contributed by atoms with E-state index in [0.29, 0.717) is 10.6 Å². The van der Waals surface area contributed by atoms with Crippen LogP contribution in [0.4, 0.5) is 5.69 Å². The summed E-state index contributed by atoms with van der Waals surface area (Å²) in [6.07, 6.45) is 3.79. The zero-order valence-electron chi connectivity index (χ0n) is 11.2. The van der Waals surface area contributed by atoms with Gasteiger partial charge in [0.15, 0.2) is 0 Å². The van der Waals surface area contributed by atoms with Crippen molar-refractivity contribution in [3.8, 4) is 0 Å². The van der Waals surface area contributed by atoms with Crippen LogP contribution in [0.1, 0.15) is 20.8 Å². The quantitative estimate of drug-likeness (QED) is 0.850. The lowest BCUT2D eigenvalue weighted by Gasteiger charge is -2.21. The number of anilines is 1. The Bertz CT molecular complexity index is 595. The van der Waals surface area contributed by atoms with Crippen LogP contribution in [0.2, 0.25) is 0 Å². The number of hydrogen-bond acceptors (Lipinski definition) is 4. The normalized spacial score (nSPS) is 12.8. The molecule has 0 aliphatic heterocycles. The summed E-state index contributed by atoms with van der Waals surface area (Å²) in [5.74, 6) is 0. The molecule has 0 atom stereocenters. The maximum Gasteiger partial charge on any atom is 0.359 e. The SMILES string of the molecule is C=c1cc(N)c(=O)o/c1=C/C(=C\C)N(CC)CC. The minimum Gasteiger partial charge on any atom is -0.421 e. The Hall–Kier alpha value is -1.97. The van der Waals surface area contributed by atoms with Gasteiger partial charge in [-0.15, -0.1) is 0 Å².